The summed E-state index contributed by atoms with van der Waals surface area (Å²) in [5.74, 6) is 0.812. The molecule has 1 heterocycles. The molecule has 112 valence electrons. The molecule has 1 aliphatic carbocycles. The smallest absolute Gasteiger partial charge is 0.162 e. The van der Waals surface area contributed by atoms with E-state index in [0.29, 0.717) is 18.9 Å². The van der Waals surface area contributed by atoms with Crippen LogP contribution in [0.5, 0.6) is 11.5 Å². The van der Waals surface area contributed by atoms with Gasteiger partial charge in [-0.3, -0.25) is 0 Å². The van der Waals surface area contributed by atoms with Gasteiger partial charge in [0, 0.05) is 28.4 Å². The van der Waals surface area contributed by atoms with Gasteiger partial charge in [0.2, 0.25) is 0 Å². The van der Waals surface area contributed by atoms with Gasteiger partial charge in [-0.25, -0.2) is 0 Å². The number of fused-ring (bicyclic) bond motifs is 1. The third-order valence-corrected chi connectivity index (χ3v) is 5.03. The van der Waals surface area contributed by atoms with Crippen molar-refractivity contribution in [3.63, 3.8) is 0 Å². The zero-order valence-corrected chi connectivity index (χ0v) is 13.1. The average molecular weight is 303 g/mol. The molecule has 0 fully saturated rings. The van der Waals surface area contributed by atoms with Crippen molar-refractivity contribution in [1.82, 2.24) is 5.32 Å². The number of hydrogen-bond acceptors (Lipinski definition) is 4. The van der Waals surface area contributed by atoms with Gasteiger partial charge in [0.15, 0.2) is 11.5 Å². The van der Waals surface area contributed by atoms with E-state index in [9.17, 15) is 5.11 Å². The van der Waals surface area contributed by atoms with E-state index in [4.69, 9.17) is 4.74 Å². The third-order valence-electron chi connectivity index (χ3n) is 3.79. The minimum atomic E-state index is 0.250. The van der Waals surface area contributed by atoms with Crippen LogP contribution in [0.25, 0.3) is 0 Å². The number of aromatic hydroxyl groups is 1. The van der Waals surface area contributed by atoms with Gasteiger partial charge in [-0.2, -0.15) is 0 Å². The lowest BCUT2D eigenvalue weighted by atomic mass is 10.2. The zero-order chi connectivity index (χ0) is 14.7. The van der Waals surface area contributed by atoms with Crippen LogP contribution in [0.2, 0.25) is 0 Å². The number of phenols is 1. The molecule has 21 heavy (non-hydrogen) atoms. The Morgan fingerprint density at radius 2 is 2.19 bits per heavy atom. The van der Waals surface area contributed by atoms with E-state index in [-0.39, 0.29) is 5.75 Å². The van der Waals surface area contributed by atoms with Crippen molar-refractivity contribution in [3.8, 4) is 11.5 Å². The van der Waals surface area contributed by atoms with Gasteiger partial charge < -0.3 is 15.2 Å². The van der Waals surface area contributed by atoms with Crippen molar-refractivity contribution in [1.29, 1.82) is 0 Å². The highest BCUT2D eigenvalue weighted by molar-refractivity contribution is 7.12. The maximum atomic E-state index is 10.2. The summed E-state index contributed by atoms with van der Waals surface area (Å²) in [7, 11) is 0. The van der Waals surface area contributed by atoms with Gasteiger partial charge in [0.1, 0.15) is 0 Å². The number of hydrogen-bond donors (Lipinski definition) is 2. The lowest BCUT2D eigenvalue weighted by Gasteiger charge is -2.10. The number of para-hydroxylation sites is 1. The lowest BCUT2D eigenvalue weighted by Crippen LogP contribution is -2.12. The molecule has 2 N–H and O–H groups in total. The second kappa shape index (κ2) is 6.50. The molecule has 4 heteroatoms. The molecule has 0 radical (unpaired) electrons. The fourth-order valence-electron chi connectivity index (χ4n) is 2.78. The van der Waals surface area contributed by atoms with Crippen LogP contribution in [0, 0.1) is 0 Å². The standard InChI is InChI=1S/C17H21NO2S/c1-2-20-15-7-3-6-13(17(15)19)10-18-11-14-9-12-5-4-8-16(12)21-14/h3,6-7,9,18-19H,2,4-5,8,10-11H2,1H3. The number of phenolic OH excluding ortho intramolecular Hbond substituents is 1. The summed E-state index contributed by atoms with van der Waals surface area (Å²) in [6.07, 6.45) is 3.80. The van der Waals surface area contributed by atoms with Gasteiger partial charge >= 0.3 is 0 Å². The molecule has 0 amide bonds. The molecule has 0 atom stereocenters. The van der Waals surface area contributed by atoms with Gasteiger partial charge in [-0.1, -0.05) is 12.1 Å². The Bertz CT molecular complexity index is 600. The number of nitrogens with one attached hydrogen (secondary N) is 1. The Balaban J connectivity index is 1.58. The number of aryl methyl sites for hydroxylation is 2. The average Bonchev–Trinajstić information content (AvgIpc) is 3.04. The van der Waals surface area contributed by atoms with Crippen molar-refractivity contribution in [2.45, 2.75) is 39.3 Å². The quantitative estimate of drug-likeness (QED) is 0.856. The number of rotatable bonds is 6. The molecule has 0 saturated carbocycles. The van der Waals surface area contributed by atoms with Crippen LogP contribution < -0.4 is 10.1 Å². The monoisotopic (exact) mass is 303 g/mol. The molecule has 1 aliphatic rings. The van der Waals surface area contributed by atoms with Crippen LogP contribution in [0.3, 0.4) is 0 Å². The largest absolute Gasteiger partial charge is 0.504 e. The van der Waals surface area contributed by atoms with Crippen LogP contribution in [0.15, 0.2) is 24.3 Å². The van der Waals surface area contributed by atoms with E-state index in [1.807, 2.05) is 30.4 Å². The zero-order valence-electron chi connectivity index (χ0n) is 12.3. The number of benzene rings is 1. The van der Waals surface area contributed by atoms with E-state index in [1.165, 1.54) is 29.7 Å². The molecular weight excluding hydrogens is 282 g/mol. The predicted octanol–water partition coefficient (Wildman–Crippen LogP) is 3.63. The van der Waals surface area contributed by atoms with Crippen molar-refractivity contribution in [3.05, 3.63) is 45.1 Å². The molecule has 0 unspecified atom stereocenters. The Morgan fingerprint density at radius 3 is 3.00 bits per heavy atom. The minimum absolute atomic E-state index is 0.250. The second-order valence-corrected chi connectivity index (χ2v) is 6.54. The molecule has 0 spiro atoms. The van der Waals surface area contributed by atoms with Crippen LogP contribution >= 0.6 is 11.3 Å². The van der Waals surface area contributed by atoms with Crippen molar-refractivity contribution < 1.29 is 9.84 Å². The Morgan fingerprint density at radius 1 is 1.29 bits per heavy atom. The lowest BCUT2D eigenvalue weighted by molar-refractivity contribution is 0.316. The molecule has 2 aromatic rings. The van der Waals surface area contributed by atoms with Crippen molar-refractivity contribution in [2.24, 2.45) is 0 Å². The fourth-order valence-corrected chi connectivity index (χ4v) is 4.01. The first-order chi connectivity index (χ1) is 10.3. The maximum Gasteiger partial charge on any atom is 0.162 e. The maximum absolute atomic E-state index is 10.2. The summed E-state index contributed by atoms with van der Waals surface area (Å²) in [4.78, 5) is 2.95. The summed E-state index contributed by atoms with van der Waals surface area (Å²) >= 11 is 1.92. The van der Waals surface area contributed by atoms with E-state index in [1.54, 1.807) is 10.9 Å². The van der Waals surface area contributed by atoms with E-state index >= 15 is 0 Å². The minimum Gasteiger partial charge on any atom is -0.504 e. The molecule has 3 nitrogen and oxygen atoms in total. The number of ether oxygens (including phenoxy) is 1. The van der Waals surface area contributed by atoms with Gasteiger partial charge in [-0.15, -0.1) is 11.3 Å². The first kappa shape index (κ1) is 14.4. The summed E-state index contributed by atoms with van der Waals surface area (Å²) < 4.78 is 5.41. The van der Waals surface area contributed by atoms with Crippen LogP contribution in [-0.4, -0.2) is 11.7 Å². The first-order valence-corrected chi connectivity index (χ1v) is 8.34. The van der Waals surface area contributed by atoms with Crippen molar-refractivity contribution >= 4 is 11.3 Å². The highest BCUT2D eigenvalue weighted by atomic mass is 32.1. The molecule has 0 aliphatic heterocycles. The summed E-state index contributed by atoms with van der Waals surface area (Å²) in [5, 5.41) is 13.6. The summed E-state index contributed by atoms with van der Waals surface area (Å²) in [6.45, 7) is 3.98. The molecular formula is C17H21NO2S. The topological polar surface area (TPSA) is 41.5 Å². The fraction of sp³-hybridized carbons (Fsp3) is 0.412. The van der Waals surface area contributed by atoms with Gasteiger partial charge in [0.05, 0.1) is 6.61 Å². The normalized spacial score (nSPS) is 13.4. The molecule has 1 aromatic heterocycles. The van der Waals surface area contributed by atoms with Crippen molar-refractivity contribution in [2.75, 3.05) is 6.61 Å². The third kappa shape index (κ3) is 3.22. The molecule has 3 rings (SSSR count). The van der Waals surface area contributed by atoms with E-state index in [0.717, 1.165) is 12.1 Å². The number of thiophene rings is 1. The highest BCUT2D eigenvalue weighted by Gasteiger charge is 2.14. The Kier molecular flexibility index (Phi) is 4.46. The Labute approximate surface area is 129 Å². The van der Waals surface area contributed by atoms with Crippen LogP contribution in [0.4, 0.5) is 0 Å². The summed E-state index contributed by atoms with van der Waals surface area (Å²) in [5.41, 5.74) is 2.42. The van der Waals surface area contributed by atoms with Gasteiger partial charge in [-0.05, 0) is 43.9 Å². The first-order valence-electron chi connectivity index (χ1n) is 7.52. The Hall–Kier alpha value is -1.52. The van der Waals surface area contributed by atoms with E-state index < -0.39 is 0 Å². The SMILES string of the molecule is CCOc1cccc(CNCc2cc3c(s2)CCC3)c1O. The predicted molar refractivity (Wildman–Crippen MR) is 86.2 cm³/mol. The van der Waals surface area contributed by atoms with E-state index in [2.05, 4.69) is 11.4 Å². The van der Waals surface area contributed by atoms with Crippen LogP contribution in [-0.2, 0) is 25.9 Å². The van der Waals surface area contributed by atoms with Crippen LogP contribution in [0.1, 0.15) is 34.2 Å². The molecule has 1 aromatic carbocycles. The summed E-state index contributed by atoms with van der Waals surface area (Å²) in [6, 6.07) is 7.98. The second-order valence-electron chi connectivity index (χ2n) is 5.32. The molecule has 0 bridgehead atoms. The highest BCUT2D eigenvalue weighted by Crippen LogP contribution is 2.31. The van der Waals surface area contributed by atoms with Gasteiger partial charge in [0.25, 0.3) is 0 Å². The molecule has 0 saturated heterocycles.